The molecule has 1 saturated heterocycles. The maximum absolute atomic E-state index is 12.5. The van der Waals surface area contributed by atoms with Crippen molar-refractivity contribution in [2.75, 3.05) is 11.5 Å². The average Bonchev–Trinajstić information content (AvgIpc) is 2.66. The third-order valence-corrected chi connectivity index (χ3v) is 5.61. The Kier molecular flexibility index (Phi) is 5.59. The Hall–Kier alpha value is -2.68. The number of aromatic amines is 1. The normalized spacial score (nSPS) is 15.9. The second-order valence-corrected chi connectivity index (χ2v) is 7.67. The first-order valence-corrected chi connectivity index (χ1v) is 9.69. The minimum absolute atomic E-state index is 0.219. The molecule has 0 atom stereocenters. The van der Waals surface area contributed by atoms with Gasteiger partial charge in [0.05, 0.1) is 6.42 Å². The van der Waals surface area contributed by atoms with E-state index in [1.165, 1.54) is 0 Å². The van der Waals surface area contributed by atoms with Gasteiger partial charge in [0.2, 0.25) is 5.91 Å². The number of aryl methyl sites for hydroxylation is 1. The Balaban J connectivity index is 1.80. The Morgan fingerprint density at radius 2 is 2.11 bits per heavy atom. The van der Waals surface area contributed by atoms with E-state index in [-0.39, 0.29) is 12.0 Å². The van der Waals surface area contributed by atoms with Crippen molar-refractivity contribution in [3.8, 4) is 11.4 Å². The molecule has 27 heavy (non-hydrogen) atoms. The lowest BCUT2D eigenvalue weighted by atomic mass is 9.92. The number of carbonyl (C=O) groups is 2. The summed E-state index contributed by atoms with van der Waals surface area (Å²) >= 11 is 1.67. The van der Waals surface area contributed by atoms with Crippen molar-refractivity contribution in [2.24, 2.45) is 0 Å². The first kappa shape index (κ1) is 19.1. The fourth-order valence-corrected chi connectivity index (χ4v) is 4.23. The fourth-order valence-electron chi connectivity index (χ4n) is 3.04. The van der Waals surface area contributed by atoms with Crippen LogP contribution in [0.3, 0.4) is 0 Å². The first-order valence-electron chi connectivity index (χ1n) is 8.54. The van der Waals surface area contributed by atoms with E-state index in [2.05, 4.69) is 20.3 Å². The molecule has 0 radical (unpaired) electrons. The van der Waals surface area contributed by atoms with E-state index in [4.69, 9.17) is 0 Å². The van der Waals surface area contributed by atoms with E-state index in [0.717, 1.165) is 0 Å². The number of thioether (sulfide) groups is 1. The van der Waals surface area contributed by atoms with Crippen molar-refractivity contribution < 1.29 is 14.7 Å². The Morgan fingerprint density at radius 1 is 1.37 bits per heavy atom. The minimum atomic E-state index is -1.26. The SMILES string of the molecule is Cc1nc(-c2cccnc2)[nH]c(=O)c1CC(=O)NC1(C(=O)O)CCSCC1. The van der Waals surface area contributed by atoms with Crippen LogP contribution in [0, 0.1) is 6.92 Å². The summed E-state index contributed by atoms with van der Waals surface area (Å²) < 4.78 is 0. The predicted octanol–water partition coefficient (Wildman–Crippen LogP) is 1.15. The van der Waals surface area contributed by atoms with Crippen LogP contribution in [0.2, 0.25) is 0 Å². The second-order valence-electron chi connectivity index (χ2n) is 6.44. The van der Waals surface area contributed by atoms with Crippen LogP contribution in [-0.4, -0.2) is 49.0 Å². The van der Waals surface area contributed by atoms with Crippen molar-refractivity contribution in [3.63, 3.8) is 0 Å². The molecule has 3 heterocycles. The van der Waals surface area contributed by atoms with Gasteiger partial charge < -0.3 is 15.4 Å². The Bertz CT molecular complexity index is 907. The molecule has 1 fully saturated rings. The van der Waals surface area contributed by atoms with Crippen LogP contribution >= 0.6 is 11.8 Å². The van der Waals surface area contributed by atoms with Crippen molar-refractivity contribution in [1.82, 2.24) is 20.3 Å². The van der Waals surface area contributed by atoms with Gasteiger partial charge in [-0.1, -0.05) is 0 Å². The van der Waals surface area contributed by atoms with Gasteiger partial charge in [0.25, 0.3) is 5.56 Å². The highest BCUT2D eigenvalue weighted by Crippen LogP contribution is 2.27. The first-order chi connectivity index (χ1) is 12.9. The van der Waals surface area contributed by atoms with Crippen LogP contribution in [-0.2, 0) is 16.0 Å². The number of amides is 1. The minimum Gasteiger partial charge on any atom is -0.480 e. The van der Waals surface area contributed by atoms with E-state index in [9.17, 15) is 19.5 Å². The standard InChI is InChI=1S/C18H20N4O4S/c1-11-13(16(24)21-15(20-11)12-3-2-6-19-10-12)9-14(23)22-18(17(25)26)4-7-27-8-5-18/h2-3,6,10H,4-5,7-9H2,1H3,(H,22,23)(H,25,26)(H,20,21,24). The van der Waals surface area contributed by atoms with E-state index >= 15 is 0 Å². The molecule has 3 N–H and O–H groups in total. The molecule has 142 valence electrons. The molecule has 8 nitrogen and oxygen atoms in total. The lowest BCUT2D eigenvalue weighted by Crippen LogP contribution is -2.57. The molecule has 0 aliphatic carbocycles. The smallest absolute Gasteiger partial charge is 0.329 e. The number of nitrogens with zero attached hydrogens (tertiary/aromatic N) is 2. The zero-order chi connectivity index (χ0) is 19.4. The van der Waals surface area contributed by atoms with Gasteiger partial charge in [-0.05, 0) is 43.4 Å². The highest BCUT2D eigenvalue weighted by Gasteiger charge is 2.41. The van der Waals surface area contributed by atoms with Gasteiger partial charge in [-0.25, -0.2) is 9.78 Å². The van der Waals surface area contributed by atoms with E-state index in [0.29, 0.717) is 41.4 Å². The van der Waals surface area contributed by atoms with Gasteiger partial charge in [-0.3, -0.25) is 14.6 Å². The number of H-pyrrole nitrogens is 1. The summed E-state index contributed by atoms with van der Waals surface area (Å²) in [4.78, 5) is 47.7. The molecule has 2 aromatic rings. The zero-order valence-corrected chi connectivity index (χ0v) is 15.6. The average molecular weight is 388 g/mol. The molecule has 0 bridgehead atoms. The maximum atomic E-state index is 12.5. The van der Waals surface area contributed by atoms with Crippen LogP contribution in [0.1, 0.15) is 24.1 Å². The Morgan fingerprint density at radius 3 is 2.70 bits per heavy atom. The van der Waals surface area contributed by atoms with Crippen molar-refractivity contribution >= 4 is 23.6 Å². The predicted molar refractivity (Wildman–Crippen MR) is 102 cm³/mol. The van der Waals surface area contributed by atoms with Gasteiger partial charge >= 0.3 is 5.97 Å². The van der Waals surface area contributed by atoms with Crippen LogP contribution in [0.4, 0.5) is 0 Å². The zero-order valence-electron chi connectivity index (χ0n) is 14.8. The van der Waals surface area contributed by atoms with E-state index in [1.807, 2.05) is 0 Å². The number of carbonyl (C=O) groups excluding carboxylic acids is 1. The van der Waals surface area contributed by atoms with E-state index < -0.39 is 23.0 Å². The summed E-state index contributed by atoms with van der Waals surface area (Å²) in [6.45, 7) is 1.65. The highest BCUT2D eigenvalue weighted by atomic mass is 32.2. The van der Waals surface area contributed by atoms with Gasteiger partial charge in [-0.2, -0.15) is 11.8 Å². The number of hydrogen-bond acceptors (Lipinski definition) is 6. The number of hydrogen-bond donors (Lipinski definition) is 3. The number of carboxylic acids is 1. The Labute approximate surface area is 159 Å². The summed E-state index contributed by atoms with van der Waals surface area (Å²) in [5.74, 6) is 0.197. The largest absolute Gasteiger partial charge is 0.480 e. The summed E-state index contributed by atoms with van der Waals surface area (Å²) in [6.07, 6.45) is 3.72. The van der Waals surface area contributed by atoms with Crippen LogP contribution in [0.5, 0.6) is 0 Å². The number of nitrogens with one attached hydrogen (secondary N) is 2. The summed E-state index contributed by atoms with van der Waals surface area (Å²) in [7, 11) is 0. The second kappa shape index (κ2) is 7.91. The molecule has 3 rings (SSSR count). The molecule has 0 unspecified atom stereocenters. The van der Waals surface area contributed by atoms with Crippen LogP contribution in [0.25, 0.3) is 11.4 Å². The van der Waals surface area contributed by atoms with Crippen molar-refractivity contribution in [2.45, 2.75) is 31.7 Å². The fraction of sp³-hybridized carbons (Fsp3) is 0.389. The molecule has 2 aromatic heterocycles. The van der Waals surface area contributed by atoms with Crippen LogP contribution < -0.4 is 10.9 Å². The molecule has 1 amide bonds. The number of aromatic nitrogens is 3. The molecule has 0 spiro atoms. The number of rotatable bonds is 5. The van der Waals surface area contributed by atoms with Crippen LogP contribution in [0.15, 0.2) is 29.3 Å². The molecule has 1 aliphatic heterocycles. The number of carboxylic acid groups (broad SMARTS) is 1. The maximum Gasteiger partial charge on any atom is 0.329 e. The summed E-state index contributed by atoms with van der Waals surface area (Å²) in [5, 5.41) is 12.2. The number of aliphatic carboxylic acids is 1. The molecular formula is C18H20N4O4S. The highest BCUT2D eigenvalue weighted by molar-refractivity contribution is 7.99. The molecular weight excluding hydrogens is 368 g/mol. The lowest BCUT2D eigenvalue weighted by Gasteiger charge is -2.33. The third-order valence-electron chi connectivity index (χ3n) is 4.63. The van der Waals surface area contributed by atoms with Gasteiger partial charge in [0, 0.05) is 29.2 Å². The molecule has 9 heteroatoms. The molecule has 1 aliphatic rings. The summed E-state index contributed by atoms with van der Waals surface area (Å²) in [6, 6.07) is 3.51. The number of pyridine rings is 1. The van der Waals surface area contributed by atoms with Crippen molar-refractivity contribution in [1.29, 1.82) is 0 Å². The van der Waals surface area contributed by atoms with Gasteiger partial charge in [0.15, 0.2) is 0 Å². The molecule has 0 saturated carbocycles. The monoisotopic (exact) mass is 388 g/mol. The van der Waals surface area contributed by atoms with Gasteiger partial charge in [0.1, 0.15) is 11.4 Å². The molecule has 0 aromatic carbocycles. The lowest BCUT2D eigenvalue weighted by molar-refractivity contribution is -0.148. The van der Waals surface area contributed by atoms with E-state index in [1.54, 1.807) is 43.2 Å². The quantitative estimate of drug-likeness (QED) is 0.701. The third kappa shape index (κ3) is 4.19. The summed E-state index contributed by atoms with van der Waals surface area (Å²) in [5.41, 5.74) is -0.355. The topological polar surface area (TPSA) is 125 Å². The van der Waals surface area contributed by atoms with Crippen molar-refractivity contribution in [3.05, 3.63) is 46.1 Å². The van der Waals surface area contributed by atoms with Gasteiger partial charge in [-0.15, -0.1) is 0 Å².